The third kappa shape index (κ3) is 6.01. The molecule has 3 rings (SSSR count). The van der Waals surface area contributed by atoms with Gasteiger partial charge in [0.25, 0.3) is 5.91 Å². The summed E-state index contributed by atoms with van der Waals surface area (Å²) in [6, 6.07) is 24.7. The van der Waals surface area contributed by atoms with Crippen molar-refractivity contribution in [1.82, 2.24) is 0 Å². The zero-order chi connectivity index (χ0) is 18.9. The standard InChI is InChI=1S/C22H21N3O2/c1-17-7-11-19(12-8-17)24-22(26)16-27-21-13-9-18(10-14-21)15-23-25-20-5-3-2-4-6-20/h2-15,25H,16H2,1H3,(H,24,26)/b23-15-. The Bertz CT molecular complexity index is 889. The Labute approximate surface area is 158 Å². The molecule has 0 aromatic heterocycles. The van der Waals surface area contributed by atoms with Crippen molar-refractivity contribution < 1.29 is 9.53 Å². The van der Waals surface area contributed by atoms with Crippen LogP contribution < -0.4 is 15.5 Å². The molecule has 2 N–H and O–H groups in total. The van der Waals surface area contributed by atoms with Crippen molar-refractivity contribution in [3.8, 4) is 5.75 Å². The van der Waals surface area contributed by atoms with Gasteiger partial charge < -0.3 is 10.1 Å². The van der Waals surface area contributed by atoms with Crippen LogP contribution in [0.3, 0.4) is 0 Å². The molecule has 0 saturated heterocycles. The van der Waals surface area contributed by atoms with Crippen LogP contribution in [0.25, 0.3) is 0 Å². The Morgan fingerprint density at radius 2 is 1.63 bits per heavy atom. The van der Waals surface area contributed by atoms with E-state index in [1.165, 1.54) is 0 Å². The van der Waals surface area contributed by atoms with Crippen molar-refractivity contribution in [2.45, 2.75) is 6.92 Å². The number of carbonyl (C=O) groups excluding carboxylic acids is 1. The van der Waals surface area contributed by atoms with Crippen LogP contribution >= 0.6 is 0 Å². The highest BCUT2D eigenvalue weighted by atomic mass is 16.5. The first-order valence-electron chi connectivity index (χ1n) is 8.62. The summed E-state index contributed by atoms with van der Waals surface area (Å²) in [7, 11) is 0. The Kier molecular flexibility index (Phi) is 6.20. The Morgan fingerprint density at radius 1 is 0.926 bits per heavy atom. The molecule has 5 heteroatoms. The molecule has 5 nitrogen and oxygen atoms in total. The van der Waals surface area contributed by atoms with E-state index in [1.54, 1.807) is 6.21 Å². The van der Waals surface area contributed by atoms with Crippen molar-refractivity contribution >= 4 is 23.5 Å². The third-order valence-corrected chi connectivity index (χ3v) is 3.77. The molecule has 0 unspecified atom stereocenters. The Morgan fingerprint density at radius 3 is 2.33 bits per heavy atom. The molecule has 0 atom stereocenters. The zero-order valence-corrected chi connectivity index (χ0v) is 15.1. The predicted molar refractivity (Wildman–Crippen MR) is 109 cm³/mol. The Hall–Kier alpha value is -3.60. The molecule has 1 amide bonds. The summed E-state index contributed by atoms with van der Waals surface area (Å²) in [6.07, 6.45) is 1.72. The van der Waals surface area contributed by atoms with Crippen molar-refractivity contribution in [2.75, 3.05) is 17.3 Å². The lowest BCUT2D eigenvalue weighted by Crippen LogP contribution is -2.20. The number of amides is 1. The lowest BCUT2D eigenvalue weighted by Gasteiger charge is -2.08. The maximum Gasteiger partial charge on any atom is 0.262 e. The molecule has 0 aliphatic heterocycles. The molecule has 0 fully saturated rings. The van der Waals surface area contributed by atoms with Crippen LogP contribution in [0, 0.1) is 6.92 Å². The maximum atomic E-state index is 11.9. The van der Waals surface area contributed by atoms with Crippen LogP contribution in [-0.4, -0.2) is 18.7 Å². The number of para-hydroxylation sites is 1. The normalized spacial score (nSPS) is 10.6. The first-order chi connectivity index (χ1) is 13.2. The number of nitrogens with zero attached hydrogens (tertiary/aromatic N) is 1. The van der Waals surface area contributed by atoms with E-state index >= 15 is 0 Å². The predicted octanol–water partition coefficient (Wildman–Crippen LogP) is 4.46. The van der Waals surface area contributed by atoms with Gasteiger partial charge in [0, 0.05) is 5.69 Å². The van der Waals surface area contributed by atoms with Gasteiger partial charge in [-0.3, -0.25) is 10.2 Å². The Balaban J connectivity index is 1.45. The molecule has 0 heterocycles. The molecule has 0 saturated carbocycles. The monoisotopic (exact) mass is 359 g/mol. The van der Waals surface area contributed by atoms with Crippen LogP contribution in [0.15, 0.2) is 84.0 Å². The zero-order valence-electron chi connectivity index (χ0n) is 15.1. The fraction of sp³-hybridized carbons (Fsp3) is 0.0909. The van der Waals surface area contributed by atoms with E-state index in [0.717, 1.165) is 22.5 Å². The van der Waals surface area contributed by atoms with Gasteiger partial charge in [-0.1, -0.05) is 35.9 Å². The van der Waals surface area contributed by atoms with E-state index in [2.05, 4.69) is 15.8 Å². The van der Waals surface area contributed by atoms with Gasteiger partial charge in [-0.15, -0.1) is 0 Å². The molecule has 3 aromatic carbocycles. The van der Waals surface area contributed by atoms with E-state index in [-0.39, 0.29) is 12.5 Å². The van der Waals surface area contributed by atoms with Crippen LogP contribution in [0.5, 0.6) is 5.75 Å². The molecule has 27 heavy (non-hydrogen) atoms. The molecular weight excluding hydrogens is 338 g/mol. The van der Waals surface area contributed by atoms with E-state index in [9.17, 15) is 4.79 Å². The molecular formula is C22H21N3O2. The lowest BCUT2D eigenvalue weighted by atomic mass is 10.2. The number of nitrogens with one attached hydrogen (secondary N) is 2. The first-order valence-corrected chi connectivity index (χ1v) is 8.62. The van der Waals surface area contributed by atoms with Gasteiger partial charge >= 0.3 is 0 Å². The fourth-order valence-electron chi connectivity index (χ4n) is 2.33. The van der Waals surface area contributed by atoms with Gasteiger partial charge in [-0.05, 0) is 61.0 Å². The summed E-state index contributed by atoms with van der Waals surface area (Å²) in [4.78, 5) is 11.9. The summed E-state index contributed by atoms with van der Waals surface area (Å²) in [6.45, 7) is 1.96. The second-order valence-electron chi connectivity index (χ2n) is 6.01. The van der Waals surface area contributed by atoms with E-state index in [4.69, 9.17) is 4.74 Å². The second-order valence-corrected chi connectivity index (χ2v) is 6.01. The lowest BCUT2D eigenvalue weighted by molar-refractivity contribution is -0.118. The van der Waals surface area contributed by atoms with Crippen LogP contribution in [0.2, 0.25) is 0 Å². The van der Waals surface area contributed by atoms with Gasteiger partial charge in [0.1, 0.15) is 5.75 Å². The van der Waals surface area contributed by atoms with Crippen LogP contribution in [-0.2, 0) is 4.79 Å². The fourth-order valence-corrected chi connectivity index (χ4v) is 2.33. The number of anilines is 2. The molecule has 0 bridgehead atoms. The number of carbonyl (C=O) groups is 1. The number of hydrogen-bond donors (Lipinski definition) is 2. The molecule has 0 aliphatic rings. The molecule has 0 spiro atoms. The number of hydrogen-bond acceptors (Lipinski definition) is 4. The summed E-state index contributed by atoms with van der Waals surface area (Å²) < 4.78 is 5.52. The van der Waals surface area contributed by atoms with Gasteiger partial charge in [0.2, 0.25) is 0 Å². The number of aryl methyl sites for hydroxylation is 1. The van der Waals surface area contributed by atoms with Crippen LogP contribution in [0.1, 0.15) is 11.1 Å². The maximum absolute atomic E-state index is 11.9. The topological polar surface area (TPSA) is 62.7 Å². The first kappa shape index (κ1) is 18.2. The molecule has 136 valence electrons. The number of rotatable bonds is 7. The van der Waals surface area contributed by atoms with Gasteiger partial charge in [0.05, 0.1) is 11.9 Å². The van der Waals surface area contributed by atoms with Crippen LogP contribution in [0.4, 0.5) is 11.4 Å². The van der Waals surface area contributed by atoms with E-state index < -0.39 is 0 Å². The average Bonchev–Trinajstić information content (AvgIpc) is 2.70. The number of hydrazone groups is 1. The van der Waals surface area contributed by atoms with Crippen molar-refractivity contribution in [3.63, 3.8) is 0 Å². The van der Waals surface area contributed by atoms with Gasteiger partial charge in [-0.25, -0.2) is 0 Å². The van der Waals surface area contributed by atoms with Crippen molar-refractivity contribution in [1.29, 1.82) is 0 Å². The summed E-state index contributed by atoms with van der Waals surface area (Å²) >= 11 is 0. The van der Waals surface area contributed by atoms with E-state index in [0.29, 0.717) is 5.75 Å². The summed E-state index contributed by atoms with van der Waals surface area (Å²) in [5.74, 6) is 0.429. The van der Waals surface area contributed by atoms with Gasteiger partial charge in [0.15, 0.2) is 6.61 Å². The SMILES string of the molecule is Cc1ccc(NC(=O)COc2ccc(/C=N\Nc3ccccc3)cc2)cc1. The molecule has 0 aliphatic carbocycles. The minimum atomic E-state index is -0.198. The summed E-state index contributed by atoms with van der Waals surface area (Å²) in [5.41, 5.74) is 6.71. The molecule has 0 radical (unpaired) electrons. The largest absolute Gasteiger partial charge is 0.484 e. The molecule has 3 aromatic rings. The number of ether oxygens (including phenoxy) is 1. The highest BCUT2D eigenvalue weighted by Gasteiger charge is 2.03. The quantitative estimate of drug-likeness (QED) is 0.484. The highest BCUT2D eigenvalue weighted by Crippen LogP contribution is 2.12. The minimum Gasteiger partial charge on any atom is -0.484 e. The highest BCUT2D eigenvalue weighted by molar-refractivity contribution is 5.91. The van der Waals surface area contributed by atoms with Crippen molar-refractivity contribution in [2.24, 2.45) is 5.10 Å². The second kappa shape index (κ2) is 9.20. The third-order valence-electron chi connectivity index (χ3n) is 3.77. The van der Waals surface area contributed by atoms with Crippen molar-refractivity contribution in [3.05, 3.63) is 90.0 Å². The van der Waals surface area contributed by atoms with Gasteiger partial charge in [-0.2, -0.15) is 5.10 Å². The summed E-state index contributed by atoms with van der Waals surface area (Å²) in [5, 5.41) is 6.99. The number of benzene rings is 3. The average molecular weight is 359 g/mol. The smallest absolute Gasteiger partial charge is 0.262 e. The minimum absolute atomic E-state index is 0.0448. The van der Waals surface area contributed by atoms with E-state index in [1.807, 2.05) is 85.8 Å².